The minimum absolute atomic E-state index is 0.148. The zero-order valence-corrected chi connectivity index (χ0v) is 8.53. The van der Waals surface area contributed by atoms with Gasteiger partial charge in [-0.3, -0.25) is 4.79 Å². The van der Waals surface area contributed by atoms with Crippen molar-refractivity contribution in [1.29, 1.82) is 5.26 Å². The Kier molecular flexibility index (Phi) is 2.49. The number of hydrogen-bond donors (Lipinski definition) is 1. The van der Waals surface area contributed by atoms with Crippen LogP contribution in [0.2, 0.25) is 0 Å². The summed E-state index contributed by atoms with van der Waals surface area (Å²) in [6, 6.07) is 7.33. The molecule has 16 heavy (non-hydrogen) atoms. The van der Waals surface area contributed by atoms with Gasteiger partial charge in [0, 0.05) is 0 Å². The molecule has 0 spiro atoms. The molecular weight excluding hydrogens is 202 g/mol. The van der Waals surface area contributed by atoms with E-state index in [9.17, 15) is 4.79 Å². The van der Waals surface area contributed by atoms with Gasteiger partial charge in [-0.05, 0) is 12.1 Å². The molecule has 1 amide bonds. The summed E-state index contributed by atoms with van der Waals surface area (Å²) < 4.78 is 0. The molecule has 1 aliphatic rings. The molecule has 1 N–H and O–H groups in total. The Bertz CT molecular complexity index is 522. The van der Waals surface area contributed by atoms with Gasteiger partial charge >= 0.3 is 0 Å². The summed E-state index contributed by atoms with van der Waals surface area (Å²) in [4.78, 5) is 13.2. The van der Waals surface area contributed by atoms with Crippen molar-refractivity contribution < 1.29 is 4.79 Å². The first-order valence-electron chi connectivity index (χ1n) is 4.77. The Morgan fingerprint density at radius 2 is 2.38 bits per heavy atom. The maximum atomic E-state index is 11.4. The molecular formula is C12H9N3O. The lowest BCUT2D eigenvalue weighted by molar-refractivity contribution is -0.115. The first kappa shape index (κ1) is 10.1. The van der Waals surface area contributed by atoms with Gasteiger partial charge in [-0.15, -0.1) is 6.42 Å². The van der Waals surface area contributed by atoms with E-state index in [2.05, 4.69) is 11.2 Å². The quantitative estimate of drug-likeness (QED) is 0.703. The second kappa shape index (κ2) is 3.96. The Balaban J connectivity index is 2.52. The lowest BCUT2D eigenvalue weighted by Gasteiger charge is -2.29. The normalized spacial score (nSPS) is 13.4. The third kappa shape index (κ3) is 1.57. The fourth-order valence-corrected chi connectivity index (χ4v) is 1.72. The molecule has 78 valence electrons. The molecule has 1 heterocycles. The smallest absolute Gasteiger partial charge is 0.244 e. The molecule has 4 heteroatoms. The van der Waals surface area contributed by atoms with E-state index in [1.807, 2.05) is 12.1 Å². The van der Waals surface area contributed by atoms with Gasteiger partial charge < -0.3 is 10.2 Å². The number of para-hydroxylation sites is 1. The summed E-state index contributed by atoms with van der Waals surface area (Å²) in [6.45, 7) is 0.585. The van der Waals surface area contributed by atoms with Crippen LogP contribution in [0.3, 0.4) is 0 Å². The van der Waals surface area contributed by atoms with Crippen molar-refractivity contribution in [2.75, 3.05) is 23.3 Å². The summed E-state index contributed by atoms with van der Waals surface area (Å²) in [7, 11) is 0. The predicted molar refractivity (Wildman–Crippen MR) is 60.8 cm³/mol. The van der Waals surface area contributed by atoms with E-state index in [1.165, 1.54) is 0 Å². The van der Waals surface area contributed by atoms with Crippen LogP contribution in [0.1, 0.15) is 5.56 Å². The minimum atomic E-state index is -0.148. The van der Waals surface area contributed by atoms with E-state index in [-0.39, 0.29) is 12.5 Å². The van der Waals surface area contributed by atoms with Gasteiger partial charge in [0.1, 0.15) is 6.07 Å². The topological polar surface area (TPSA) is 56.1 Å². The van der Waals surface area contributed by atoms with Gasteiger partial charge in [0.15, 0.2) is 0 Å². The standard InChI is InChI=1S/C12H9N3O/c1-2-6-15-8-11(16)14-12-9(7-13)4-3-5-10(12)15/h1,3-5H,6,8H2,(H,14,16). The number of benzene rings is 1. The maximum Gasteiger partial charge on any atom is 0.244 e. The number of nitrogens with zero attached hydrogens (tertiary/aromatic N) is 2. The Labute approximate surface area is 93.5 Å². The molecule has 0 fully saturated rings. The molecule has 0 atom stereocenters. The van der Waals surface area contributed by atoms with Gasteiger partial charge in [0.25, 0.3) is 0 Å². The van der Waals surface area contributed by atoms with Crippen molar-refractivity contribution in [3.63, 3.8) is 0 Å². The number of carbonyl (C=O) groups is 1. The van der Waals surface area contributed by atoms with Crippen LogP contribution in [-0.2, 0) is 4.79 Å². The van der Waals surface area contributed by atoms with Crippen LogP contribution in [0.25, 0.3) is 0 Å². The fourth-order valence-electron chi connectivity index (χ4n) is 1.72. The highest BCUT2D eigenvalue weighted by Gasteiger charge is 2.23. The van der Waals surface area contributed by atoms with Gasteiger partial charge in [-0.2, -0.15) is 5.26 Å². The summed E-state index contributed by atoms with van der Waals surface area (Å²) >= 11 is 0. The molecule has 4 nitrogen and oxygen atoms in total. The lowest BCUT2D eigenvalue weighted by Crippen LogP contribution is -2.38. The number of carbonyl (C=O) groups excluding carboxylic acids is 1. The second-order valence-electron chi connectivity index (χ2n) is 3.42. The Morgan fingerprint density at radius 1 is 1.56 bits per heavy atom. The van der Waals surface area contributed by atoms with Crippen molar-refractivity contribution >= 4 is 17.3 Å². The molecule has 0 unspecified atom stereocenters. The van der Waals surface area contributed by atoms with Crippen LogP contribution in [0, 0.1) is 23.7 Å². The van der Waals surface area contributed by atoms with Crippen molar-refractivity contribution in [2.24, 2.45) is 0 Å². The van der Waals surface area contributed by atoms with Crippen LogP contribution >= 0.6 is 0 Å². The minimum Gasteiger partial charge on any atom is -0.349 e. The van der Waals surface area contributed by atoms with E-state index in [0.717, 1.165) is 5.69 Å². The SMILES string of the molecule is C#CCN1CC(=O)Nc2c(C#N)cccc21. The van der Waals surface area contributed by atoms with E-state index in [1.54, 1.807) is 17.0 Å². The Morgan fingerprint density at radius 3 is 3.06 bits per heavy atom. The number of anilines is 2. The third-order valence-electron chi connectivity index (χ3n) is 2.38. The van der Waals surface area contributed by atoms with Gasteiger partial charge in [0.2, 0.25) is 5.91 Å². The summed E-state index contributed by atoms with van der Waals surface area (Å²) in [5, 5.41) is 11.6. The van der Waals surface area contributed by atoms with E-state index < -0.39 is 0 Å². The highest BCUT2D eigenvalue weighted by molar-refractivity contribution is 6.02. The molecule has 1 aromatic carbocycles. The van der Waals surface area contributed by atoms with Crippen molar-refractivity contribution in [1.82, 2.24) is 0 Å². The highest BCUT2D eigenvalue weighted by Crippen LogP contribution is 2.31. The van der Waals surface area contributed by atoms with Crippen molar-refractivity contribution in [3.05, 3.63) is 23.8 Å². The third-order valence-corrected chi connectivity index (χ3v) is 2.38. The Hall–Kier alpha value is -2.46. The number of rotatable bonds is 1. The van der Waals surface area contributed by atoms with Crippen LogP contribution in [0.4, 0.5) is 11.4 Å². The molecule has 0 aliphatic carbocycles. The molecule has 0 aromatic heterocycles. The molecule has 1 aromatic rings. The molecule has 0 radical (unpaired) electrons. The maximum absolute atomic E-state index is 11.4. The second-order valence-corrected chi connectivity index (χ2v) is 3.42. The van der Waals surface area contributed by atoms with Crippen LogP contribution in [-0.4, -0.2) is 19.0 Å². The largest absolute Gasteiger partial charge is 0.349 e. The zero-order chi connectivity index (χ0) is 11.5. The number of nitriles is 1. The number of nitrogens with one attached hydrogen (secondary N) is 1. The van der Waals surface area contributed by atoms with E-state index in [4.69, 9.17) is 11.7 Å². The first-order valence-corrected chi connectivity index (χ1v) is 4.77. The van der Waals surface area contributed by atoms with E-state index in [0.29, 0.717) is 17.8 Å². The van der Waals surface area contributed by atoms with Crippen LogP contribution in [0.5, 0.6) is 0 Å². The molecule has 1 aliphatic heterocycles. The van der Waals surface area contributed by atoms with Crippen LogP contribution < -0.4 is 10.2 Å². The van der Waals surface area contributed by atoms with Crippen molar-refractivity contribution in [3.8, 4) is 18.4 Å². The van der Waals surface area contributed by atoms with Crippen molar-refractivity contribution in [2.45, 2.75) is 0 Å². The summed E-state index contributed by atoms with van der Waals surface area (Å²) in [5.74, 6) is 2.35. The highest BCUT2D eigenvalue weighted by atomic mass is 16.2. The molecule has 0 saturated carbocycles. The first-order chi connectivity index (χ1) is 7.76. The van der Waals surface area contributed by atoms with E-state index >= 15 is 0 Å². The van der Waals surface area contributed by atoms with Crippen LogP contribution in [0.15, 0.2) is 18.2 Å². The van der Waals surface area contributed by atoms with Gasteiger partial charge in [-0.1, -0.05) is 12.0 Å². The molecule has 0 bridgehead atoms. The molecule has 2 rings (SSSR count). The fraction of sp³-hybridized carbons (Fsp3) is 0.167. The number of fused-ring (bicyclic) bond motifs is 1. The lowest BCUT2D eigenvalue weighted by atomic mass is 10.1. The monoisotopic (exact) mass is 211 g/mol. The number of terminal acetylenes is 1. The number of amides is 1. The average Bonchev–Trinajstić information content (AvgIpc) is 2.28. The zero-order valence-electron chi connectivity index (χ0n) is 8.53. The molecule has 0 saturated heterocycles. The number of hydrogen-bond acceptors (Lipinski definition) is 3. The predicted octanol–water partition coefficient (Wildman–Crippen LogP) is 0.950. The summed E-state index contributed by atoms with van der Waals surface area (Å²) in [6.07, 6.45) is 5.24. The van der Waals surface area contributed by atoms with Gasteiger partial charge in [-0.25, -0.2) is 0 Å². The van der Waals surface area contributed by atoms with Gasteiger partial charge in [0.05, 0.1) is 30.0 Å². The average molecular weight is 211 g/mol. The summed E-state index contributed by atoms with van der Waals surface area (Å²) in [5.41, 5.74) is 1.81.